The highest BCUT2D eigenvalue weighted by atomic mass is 16.5. The van der Waals surface area contributed by atoms with Gasteiger partial charge in [-0.25, -0.2) is 0 Å². The van der Waals surface area contributed by atoms with Gasteiger partial charge in [-0.15, -0.1) is 0 Å². The Balaban J connectivity index is 1.29. The van der Waals surface area contributed by atoms with Crippen LogP contribution >= 0.6 is 0 Å². The van der Waals surface area contributed by atoms with Crippen molar-refractivity contribution in [3.63, 3.8) is 0 Å². The van der Waals surface area contributed by atoms with Gasteiger partial charge in [0, 0.05) is 25.6 Å². The van der Waals surface area contributed by atoms with E-state index < -0.39 is 0 Å². The summed E-state index contributed by atoms with van der Waals surface area (Å²) < 4.78 is 5.60. The molecule has 2 fully saturated rings. The van der Waals surface area contributed by atoms with E-state index in [0.717, 1.165) is 44.6 Å². The number of carbonyl (C=O) groups is 2. The Morgan fingerprint density at radius 3 is 2.63 bits per heavy atom. The summed E-state index contributed by atoms with van der Waals surface area (Å²) in [7, 11) is 0. The number of amides is 2. The van der Waals surface area contributed by atoms with Gasteiger partial charge in [-0.2, -0.15) is 0 Å². The number of piperidine rings is 1. The average molecular weight is 373 g/mol. The Labute approximate surface area is 161 Å². The highest BCUT2D eigenvalue weighted by Gasteiger charge is 2.27. The molecule has 1 aromatic carbocycles. The fourth-order valence-corrected chi connectivity index (χ4v) is 3.83. The Hall–Kier alpha value is -2.08. The van der Waals surface area contributed by atoms with E-state index in [1.54, 1.807) is 0 Å². The molecular formula is C21H31N3O3. The fourth-order valence-electron chi connectivity index (χ4n) is 3.83. The summed E-state index contributed by atoms with van der Waals surface area (Å²) in [5.41, 5.74) is 0. The number of rotatable bonds is 8. The molecule has 0 spiro atoms. The Bertz CT molecular complexity index is 594. The topological polar surface area (TPSA) is 70.7 Å². The number of nitrogens with zero attached hydrogens (tertiary/aromatic N) is 1. The molecule has 0 radical (unpaired) electrons. The van der Waals surface area contributed by atoms with E-state index in [-0.39, 0.29) is 17.7 Å². The van der Waals surface area contributed by atoms with Crippen LogP contribution in [0.3, 0.4) is 0 Å². The van der Waals surface area contributed by atoms with Gasteiger partial charge in [-0.05, 0) is 56.8 Å². The van der Waals surface area contributed by atoms with Gasteiger partial charge in [0.1, 0.15) is 5.75 Å². The molecule has 1 atom stereocenters. The van der Waals surface area contributed by atoms with Crippen molar-refractivity contribution in [2.45, 2.75) is 32.1 Å². The molecule has 6 heteroatoms. The molecule has 2 aliphatic rings. The molecule has 2 heterocycles. The predicted molar refractivity (Wildman–Crippen MR) is 104 cm³/mol. The second-order valence-electron chi connectivity index (χ2n) is 7.51. The zero-order valence-corrected chi connectivity index (χ0v) is 16.0. The lowest BCUT2D eigenvalue weighted by atomic mass is 9.95. The van der Waals surface area contributed by atoms with E-state index in [1.807, 2.05) is 35.2 Å². The van der Waals surface area contributed by atoms with Crippen molar-refractivity contribution < 1.29 is 14.3 Å². The van der Waals surface area contributed by atoms with E-state index in [4.69, 9.17) is 4.74 Å². The molecule has 0 saturated carbocycles. The number of hydrogen-bond acceptors (Lipinski definition) is 4. The van der Waals surface area contributed by atoms with Crippen molar-refractivity contribution in [3.8, 4) is 5.75 Å². The van der Waals surface area contributed by atoms with Crippen LogP contribution < -0.4 is 15.4 Å². The maximum atomic E-state index is 12.3. The quantitative estimate of drug-likeness (QED) is 0.729. The highest BCUT2D eigenvalue weighted by molar-refractivity contribution is 5.80. The molecule has 2 N–H and O–H groups in total. The third kappa shape index (κ3) is 6.24. The number of likely N-dealkylation sites (tertiary alicyclic amines) is 1. The lowest BCUT2D eigenvalue weighted by Crippen LogP contribution is -2.43. The zero-order valence-electron chi connectivity index (χ0n) is 16.0. The molecule has 3 rings (SSSR count). The largest absolute Gasteiger partial charge is 0.493 e. The minimum atomic E-state index is 0.0383. The van der Waals surface area contributed by atoms with Crippen LogP contribution in [-0.2, 0) is 9.59 Å². The van der Waals surface area contributed by atoms with Gasteiger partial charge >= 0.3 is 0 Å². The van der Waals surface area contributed by atoms with Crippen LogP contribution in [0.1, 0.15) is 32.1 Å². The third-order valence-electron chi connectivity index (χ3n) is 5.56. The van der Waals surface area contributed by atoms with Crippen molar-refractivity contribution in [2.24, 2.45) is 11.8 Å². The van der Waals surface area contributed by atoms with Crippen molar-refractivity contribution >= 4 is 11.8 Å². The lowest BCUT2D eigenvalue weighted by Gasteiger charge is -2.31. The molecule has 148 valence electrons. The van der Waals surface area contributed by atoms with Gasteiger partial charge < -0.3 is 20.3 Å². The Kier molecular flexibility index (Phi) is 7.51. The first-order valence-electron chi connectivity index (χ1n) is 10.2. The lowest BCUT2D eigenvalue weighted by molar-refractivity contribution is -0.136. The summed E-state index contributed by atoms with van der Waals surface area (Å²) in [5, 5.41) is 6.44. The fraction of sp³-hybridized carbons (Fsp3) is 0.619. The second kappa shape index (κ2) is 10.3. The van der Waals surface area contributed by atoms with Crippen molar-refractivity contribution in [3.05, 3.63) is 30.3 Å². The van der Waals surface area contributed by atoms with Crippen molar-refractivity contribution in [2.75, 3.05) is 39.3 Å². The molecule has 6 nitrogen and oxygen atoms in total. The molecule has 2 aliphatic heterocycles. The predicted octanol–water partition coefficient (Wildman–Crippen LogP) is 1.81. The van der Waals surface area contributed by atoms with E-state index in [0.29, 0.717) is 32.0 Å². The summed E-state index contributed by atoms with van der Waals surface area (Å²) >= 11 is 0. The summed E-state index contributed by atoms with van der Waals surface area (Å²) in [5.74, 6) is 1.78. The third-order valence-corrected chi connectivity index (χ3v) is 5.56. The summed E-state index contributed by atoms with van der Waals surface area (Å²) in [6.45, 7) is 4.65. The molecule has 2 saturated heterocycles. The van der Waals surface area contributed by atoms with Crippen LogP contribution in [0.5, 0.6) is 5.75 Å². The number of nitrogens with one attached hydrogen (secondary N) is 2. The maximum absolute atomic E-state index is 12.3. The second-order valence-corrected chi connectivity index (χ2v) is 7.51. The Morgan fingerprint density at radius 2 is 1.93 bits per heavy atom. The molecule has 2 amide bonds. The highest BCUT2D eigenvalue weighted by Crippen LogP contribution is 2.19. The average Bonchev–Trinajstić information content (AvgIpc) is 3.22. The van der Waals surface area contributed by atoms with Gasteiger partial charge in [-0.3, -0.25) is 9.59 Å². The Morgan fingerprint density at radius 1 is 1.15 bits per heavy atom. The summed E-state index contributed by atoms with van der Waals surface area (Å²) in [6, 6.07) is 9.54. The van der Waals surface area contributed by atoms with E-state index >= 15 is 0 Å². The zero-order chi connectivity index (χ0) is 18.9. The first-order chi connectivity index (χ1) is 13.2. The van der Waals surface area contributed by atoms with Crippen molar-refractivity contribution in [1.29, 1.82) is 0 Å². The number of ether oxygens (including phenoxy) is 1. The van der Waals surface area contributed by atoms with Crippen LogP contribution in [0, 0.1) is 11.8 Å². The van der Waals surface area contributed by atoms with Crippen LogP contribution in [0.4, 0.5) is 0 Å². The van der Waals surface area contributed by atoms with E-state index in [9.17, 15) is 9.59 Å². The molecule has 0 aliphatic carbocycles. The van der Waals surface area contributed by atoms with Crippen molar-refractivity contribution in [1.82, 2.24) is 15.5 Å². The first kappa shape index (κ1) is 19.7. The standard InChI is InChI=1S/C21H31N3O3/c25-20(10-15-27-19-4-2-1-3-5-19)24-13-8-18(9-14-24)21(26)23-12-7-17-6-11-22-16-17/h1-5,17-18,22H,6-16H2,(H,23,26). The van der Waals surface area contributed by atoms with Crippen LogP contribution in [0.25, 0.3) is 0 Å². The molecule has 1 aromatic rings. The number of benzene rings is 1. The SMILES string of the molecule is O=C(NCCC1CCNC1)C1CCN(C(=O)CCOc2ccccc2)CC1. The smallest absolute Gasteiger partial charge is 0.225 e. The van der Waals surface area contributed by atoms with E-state index in [2.05, 4.69) is 10.6 Å². The minimum Gasteiger partial charge on any atom is -0.493 e. The van der Waals surface area contributed by atoms with Gasteiger partial charge in [0.2, 0.25) is 11.8 Å². The van der Waals surface area contributed by atoms with Gasteiger partial charge in [0.15, 0.2) is 0 Å². The van der Waals surface area contributed by atoms with E-state index in [1.165, 1.54) is 6.42 Å². The minimum absolute atomic E-state index is 0.0383. The van der Waals surface area contributed by atoms with Crippen LogP contribution in [0.15, 0.2) is 30.3 Å². The molecule has 27 heavy (non-hydrogen) atoms. The van der Waals surface area contributed by atoms with Gasteiger partial charge in [0.05, 0.1) is 13.0 Å². The van der Waals surface area contributed by atoms with Gasteiger partial charge in [-0.1, -0.05) is 18.2 Å². The molecular weight excluding hydrogens is 342 g/mol. The van der Waals surface area contributed by atoms with Crippen LogP contribution in [0.2, 0.25) is 0 Å². The number of hydrogen-bond donors (Lipinski definition) is 2. The molecule has 1 unspecified atom stereocenters. The monoisotopic (exact) mass is 373 g/mol. The number of carbonyl (C=O) groups excluding carboxylic acids is 2. The maximum Gasteiger partial charge on any atom is 0.225 e. The molecule has 0 bridgehead atoms. The number of para-hydroxylation sites is 1. The van der Waals surface area contributed by atoms with Crippen LogP contribution in [-0.4, -0.2) is 56.0 Å². The normalized spacial score (nSPS) is 20.4. The summed E-state index contributed by atoms with van der Waals surface area (Å²) in [6.07, 6.45) is 4.15. The van der Waals surface area contributed by atoms with Gasteiger partial charge in [0.25, 0.3) is 0 Å². The summed E-state index contributed by atoms with van der Waals surface area (Å²) in [4.78, 5) is 26.5. The molecule has 0 aromatic heterocycles. The first-order valence-corrected chi connectivity index (χ1v) is 10.2.